The van der Waals surface area contributed by atoms with Gasteiger partial charge in [0.2, 0.25) is 10.0 Å². The molecule has 0 unspecified atom stereocenters. The number of rotatable bonds is 6. The van der Waals surface area contributed by atoms with Crippen LogP contribution in [0.2, 0.25) is 0 Å². The van der Waals surface area contributed by atoms with Crippen molar-refractivity contribution < 1.29 is 22.3 Å². The van der Waals surface area contributed by atoms with E-state index in [1.807, 2.05) is 0 Å². The van der Waals surface area contributed by atoms with Crippen LogP contribution in [-0.4, -0.2) is 51.2 Å². The molecule has 132 valence electrons. The van der Waals surface area contributed by atoms with E-state index in [0.29, 0.717) is 26.2 Å². The first kappa shape index (κ1) is 17.5. The molecule has 7 heteroatoms. The van der Waals surface area contributed by atoms with Crippen LogP contribution in [-0.2, 0) is 19.5 Å². The zero-order chi connectivity index (χ0) is 17.2. The second-order valence-electron chi connectivity index (χ2n) is 6.11. The molecule has 2 aliphatic rings. The van der Waals surface area contributed by atoms with Gasteiger partial charge >= 0.3 is 0 Å². The summed E-state index contributed by atoms with van der Waals surface area (Å²) in [5, 5.41) is 0. The molecule has 24 heavy (non-hydrogen) atoms. The first-order chi connectivity index (χ1) is 11.6. The number of hydrogen-bond acceptors (Lipinski definition) is 4. The van der Waals surface area contributed by atoms with E-state index in [9.17, 15) is 12.8 Å². The largest absolute Gasteiger partial charge is 0.377 e. The van der Waals surface area contributed by atoms with E-state index in [1.54, 1.807) is 6.08 Å². The molecule has 0 spiro atoms. The van der Waals surface area contributed by atoms with Gasteiger partial charge in [0.1, 0.15) is 10.7 Å². The number of benzene rings is 1. The summed E-state index contributed by atoms with van der Waals surface area (Å²) in [4.78, 5) is -0.267. The van der Waals surface area contributed by atoms with E-state index < -0.39 is 15.8 Å². The Balaban J connectivity index is 1.80. The highest BCUT2D eigenvalue weighted by atomic mass is 32.2. The third-order valence-corrected chi connectivity index (χ3v) is 6.62. The second kappa shape index (κ2) is 7.31. The lowest BCUT2D eigenvalue weighted by Crippen LogP contribution is -2.53. The van der Waals surface area contributed by atoms with Crippen molar-refractivity contribution in [3.8, 4) is 0 Å². The summed E-state index contributed by atoms with van der Waals surface area (Å²) in [6.07, 6.45) is 3.00. The van der Waals surface area contributed by atoms with Crippen LogP contribution < -0.4 is 0 Å². The minimum absolute atomic E-state index is 0.147. The average molecular weight is 355 g/mol. The number of fused-ring (bicyclic) bond motifs is 1. The Morgan fingerprint density at radius 3 is 2.92 bits per heavy atom. The fraction of sp³-hybridized carbons (Fsp3) is 0.529. The number of sulfonamides is 1. The lowest BCUT2D eigenvalue weighted by molar-refractivity contribution is -0.0606. The standard InChI is InChI=1S/C17H22FNO4S/c1-2-10-22-12-13-7-8-15-17(13)23-11-9-19(15)24(20,21)16-6-4-3-5-14(16)18/h2-6,13,15,17H,1,7-12H2/t13-,15-,17+/m0/s1. The van der Waals surface area contributed by atoms with Crippen LogP contribution in [0.1, 0.15) is 12.8 Å². The van der Waals surface area contributed by atoms with Gasteiger partial charge in [-0.25, -0.2) is 12.8 Å². The van der Waals surface area contributed by atoms with Gasteiger partial charge in [-0.3, -0.25) is 0 Å². The molecule has 1 aromatic rings. The van der Waals surface area contributed by atoms with Crippen molar-refractivity contribution in [3.05, 3.63) is 42.7 Å². The van der Waals surface area contributed by atoms with E-state index >= 15 is 0 Å². The van der Waals surface area contributed by atoms with Gasteiger partial charge in [0.05, 0.1) is 32.0 Å². The van der Waals surface area contributed by atoms with Crippen molar-refractivity contribution in [2.45, 2.75) is 29.9 Å². The maximum absolute atomic E-state index is 14.0. The molecule has 1 heterocycles. The molecule has 1 aliphatic carbocycles. The Bertz CT molecular complexity index is 694. The Labute approximate surface area is 142 Å². The molecule has 0 aromatic heterocycles. The van der Waals surface area contributed by atoms with Crippen molar-refractivity contribution in [1.82, 2.24) is 4.31 Å². The fourth-order valence-corrected chi connectivity index (χ4v) is 5.30. The number of ether oxygens (including phenoxy) is 2. The van der Waals surface area contributed by atoms with Crippen LogP contribution in [0.3, 0.4) is 0 Å². The first-order valence-electron chi connectivity index (χ1n) is 8.12. The van der Waals surface area contributed by atoms with Gasteiger partial charge in [0.15, 0.2) is 0 Å². The van der Waals surface area contributed by atoms with Crippen molar-refractivity contribution in [2.24, 2.45) is 5.92 Å². The van der Waals surface area contributed by atoms with Crippen LogP contribution in [0.4, 0.5) is 4.39 Å². The van der Waals surface area contributed by atoms with Crippen molar-refractivity contribution in [1.29, 1.82) is 0 Å². The minimum atomic E-state index is -3.87. The molecule has 1 aromatic carbocycles. The number of morpholine rings is 1. The van der Waals surface area contributed by atoms with Crippen LogP contribution in [0.5, 0.6) is 0 Å². The number of hydrogen-bond donors (Lipinski definition) is 0. The predicted octanol–water partition coefficient (Wildman–Crippen LogP) is 2.20. The molecule has 1 saturated heterocycles. The van der Waals surface area contributed by atoms with E-state index in [-0.39, 0.29) is 29.5 Å². The lowest BCUT2D eigenvalue weighted by Gasteiger charge is -2.38. The van der Waals surface area contributed by atoms with E-state index in [1.165, 1.54) is 28.6 Å². The average Bonchev–Trinajstić information content (AvgIpc) is 2.98. The summed E-state index contributed by atoms with van der Waals surface area (Å²) in [6.45, 7) is 5.15. The third-order valence-electron chi connectivity index (χ3n) is 4.66. The maximum Gasteiger partial charge on any atom is 0.246 e. The molecule has 0 amide bonds. The Hall–Kier alpha value is -1.28. The Morgan fingerprint density at radius 1 is 1.38 bits per heavy atom. The fourth-order valence-electron chi connectivity index (χ4n) is 3.59. The molecular weight excluding hydrogens is 333 g/mol. The molecule has 1 aliphatic heterocycles. The number of nitrogens with zero attached hydrogens (tertiary/aromatic N) is 1. The van der Waals surface area contributed by atoms with Crippen molar-refractivity contribution in [3.63, 3.8) is 0 Å². The summed E-state index contributed by atoms with van der Waals surface area (Å²) >= 11 is 0. The zero-order valence-corrected chi connectivity index (χ0v) is 14.3. The molecular formula is C17H22FNO4S. The Kier molecular flexibility index (Phi) is 5.34. The van der Waals surface area contributed by atoms with E-state index in [4.69, 9.17) is 9.47 Å². The summed E-state index contributed by atoms with van der Waals surface area (Å²) < 4.78 is 52.6. The predicted molar refractivity (Wildman–Crippen MR) is 87.6 cm³/mol. The smallest absolute Gasteiger partial charge is 0.246 e. The first-order valence-corrected chi connectivity index (χ1v) is 9.56. The quantitative estimate of drug-likeness (QED) is 0.580. The molecule has 0 bridgehead atoms. The highest BCUT2D eigenvalue weighted by Crippen LogP contribution is 2.37. The van der Waals surface area contributed by atoms with Crippen LogP contribution in [0.15, 0.2) is 41.8 Å². The molecule has 3 rings (SSSR count). The summed E-state index contributed by atoms with van der Waals surface area (Å²) in [6, 6.07) is 5.24. The van der Waals surface area contributed by atoms with Crippen LogP contribution >= 0.6 is 0 Å². The minimum Gasteiger partial charge on any atom is -0.377 e. The molecule has 5 nitrogen and oxygen atoms in total. The SMILES string of the molecule is C=CCOC[C@@H]1CC[C@H]2[C@@H]1OCCN2S(=O)(=O)c1ccccc1F. The van der Waals surface area contributed by atoms with Gasteiger partial charge in [0.25, 0.3) is 0 Å². The van der Waals surface area contributed by atoms with Crippen LogP contribution in [0.25, 0.3) is 0 Å². The van der Waals surface area contributed by atoms with Crippen molar-refractivity contribution in [2.75, 3.05) is 26.4 Å². The highest BCUT2D eigenvalue weighted by Gasteiger charge is 2.47. The zero-order valence-electron chi connectivity index (χ0n) is 13.4. The van der Waals surface area contributed by atoms with Gasteiger partial charge in [-0.1, -0.05) is 18.2 Å². The molecule has 0 radical (unpaired) electrons. The third kappa shape index (κ3) is 3.26. The second-order valence-corrected chi connectivity index (χ2v) is 7.97. The molecule has 3 atom stereocenters. The summed E-state index contributed by atoms with van der Waals surface area (Å²) in [5.74, 6) is -0.571. The molecule has 2 fully saturated rings. The topological polar surface area (TPSA) is 55.8 Å². The summed E-state index contributed by atoms with van der Waals surface area (Å²) in [5.41, 5.74) is 0. The lowest BCUT2D eigenvalue weighted by atomic mass is 10.1. The normalized spacial score (nSPS) is 27.8. The van der Waals surface area contributed by atoms with Gasteiger partial charge in [0, 0.05) is 12.5 Å². The van der Waals surface area contributed by atoms with Gasteiger partial charge in [-0.05, 0) is 25.0 Å². The van der Waals surface area contributed by atoms with E-state index in [2.05, 4.69) is 6.58 Å². The summed E-state index contributed by atoms with van der Waals surface area (Å²) in [7, 11) is -3.87. The highest BCUT2D eigenvalue weighted by molar-refractivity contribution is 7.89. The molecule has 0 N–H and O–H groups in total. The maximum atomic E-state index is 14.0. The Morgan fingerprint density at radius 2 is 2.17 bits per heavy atom. The van der Waals surface area contributed by atoms with Crippen molar-refractivity contribution >= 4 is 10.0 Å². The van der Waals surface area contributed by atoms with Crippen LogP contribution in [0, 0.1) is 11.7 Å². The number of halogens is 1. The van der Waals surface area contributed by atoms with Gasteiger partial charge in [-0.15, -0.1) is 6.58 Å². The molecule has 1 saturated carbocycles. The van der Waals surface area contributed by atoms with Gasteiger partial charge in [-0.2, -0.15) is 4.31 Å². The monoisotopic (exact) mass is 355 g/mol. The van der Waals surface area contributed by atoms with Gasteiger partial charge < -0.3 is 9.47 Å². The van der Waals surface area contributed by atoms with E-state index in [0.717, 1.165) is 6.42 Å².